The van der Waals surface area contributed by atoms with Gasteiger partial charge < -0.3 is 0 Å². The molecule has 0 amide bonds. The van der Waals surface area contributed by atoms with Crippen molar-refractivity contribution in [2.45, 2.75) is 175 Å². The molecule has 8 bridgehead atoms. The number of halogens is 5. The van der Waals surface area contributed by atoms with Crippen LogP contribution in [0.4, 0.5) is 13.2 Å². The van der Waals surface area contributed by atoms with Crippen LogP contribution in [0.1, 0.15) is 178 Å². The van der Waals surface area contributed by atoms with E-state index in [0.717, 1.165) is 59.5 Å². The molecular formula is C64H78Cl2F3SiZr. The van der Waals surface area contributed by atoms with Gasteiger partial charge in [-0.3, -0.25) is 0 Å². The summed E-state index contributed by atoms with van der Waals surface area (Å²) in [6.07, 6.45) is 17.8. The normalized spacial score (nSPS) is 32.6. The van der Waals surface area contributed by atoms with Gasteiger partial charge in [0.2, 0.25) is 0 Å². The monoisotopic (exact) mass is 1090 g/mol. The molecule has 71 heavy (non-hydrogen) atoms. The number of alkyl halides is 3. The summed E-state index contributed by atoms with van der Waals surface area (Å²) in [6.45, 7) is 15.8. The summed E-state index contributed by atoms with van der Waals surface area (Å²) in [5.41, 5.74) is 15.3. The Morgan fingerprint density at radius 1 is 0.521 bits per heavy atom. The van der Waals surface area contributed by atoms with Crippen LogP contribution in [-0.4, -0.2) is 12.1 Å². The minimum absolute atomic E-state index is 0.0436. The van der Waals surface area contributed by atoms with Gasteiger partial charge in [-0.25, -0.2) is 0 Å². The van der Waals surface area contributed by atoms with E-state index in [1.807, 2.05) is 0 Å². The van der Waals surface area contributed by atoms with Crippen molar-refractivity contribution < 1.29 is 28.7 Å². The van der Waals surface area contributed by atoms with Crippen LogP contribution in [-0.2, 0) is 26.4 Å². The van der Waals surface area contributed by atoms with Crippen LogP contribution >= 0.6 is 17.0 Å². The molecule has 0 saturated heterocycles. The van der Waals surface area contributed by atoms with Gasteiger partial charge in [-0.2, -0.15) is 0 Å². The maximum absolute atomic E-state index is 14.7. The molecule has 0 N–H and O–H groups in total. The molecule has 0 radical (unpaired) electrons. The number of benzene rings is 4. The standard InChI is InChI=1S/2C30H35.C4H8F3Si.2ClH.Zr/c2*1-29(2,3)16-23-14-25-5-4-6-27(28(25)15-23)24-7-9-26(10-8-24)30-17-20-11-21(18-30)13-22(12-20)19-30;1-8-3-2-4(5,6)7;;;/h2*4-10,14-15,20-22H,11-13,16-19H2,1-3H3;8H,2-3H2,1H3;2*1H;/q;;;;;+2/p-2. The van der Waals surface area contributed by atoms with Crippen molar-refractivity contribution in [3.05, 3.63) is 129 Å². The van der Waals surface area contributed by atoms with Gasteiger partial charge in [0, 0.05) is 0 Å². The predicted molar refractivity (Wildman–Crippen MR) is 293 cm³/mol. The van der Waals surface area contributed by atoms with Crippen LogP contribution in [0.2, 0.25) is 12.6 Å². The molecule has 10 aliphatic carbocycles. The first-order chi connectivity index (χ1) is 33.4. The number of allylic oxidation sites excluding steroid dienone is 2. The summed E-state index contributed by atoms with van der Waals surface area (Å²) in [6, 6.07) is 32.7. The van der Waals surface area contributed by atoms with Crippen LogP contribution in [0, 0.1) is 46.3 Å². The summed E-state index contributed by atoms with van der Waals surface area (Å²) < 4.78 is 43.3. The van der Waals surface area contributed by atoms with E-state index < -0.39 is 34.1 Å². The zero-order valence-corrected chi connectivity index (χ0v) is 48.8. The molecule has 14 rings (SSSR count). The van der Waals surface area contributed by atoms with Crippen LogP contribution in [0.5, 0.6) is 0 Å². The third kappa shape index (κ3) is 8.70. The van der Waals surface area contributed by atoms with Gasteiger partial charge in [0.05, 0.1) is 0 Å². The Labute approximate surface area is 433 Å². The molecular weight excluding hydrogens is 1020 g/mol. The molecule has 377 valence electrons. The average molecular weight is 1090 g/mol. The van der Waals surface area contributed by atoms with Crippen molar-refractivity contribution in [3.8, 4) is 22.3 Å². The Bertz CT molecular complexity index is 2550. The minimum atomic E-state index is -5.77. The summed E-state index contributed by atoms with van der Waals surface area (Å²) in [5, 5.41) is 0. The van der Waals surface area contributed by atoms with Crippen molar-refractivity contribution in [1.29, 1.82) is 0 Å². The van der Waals surface area contributed by atoms with Crippen molar-refractivity contribution in [3.63, 3.8) is 0 Å². The Morgan fingerprint density at radius 2 is 0.859 bits per heavy atom. The van der Waals surface area contributed by atoms with E-state index in [4.69, 9.17) is 17.0 Å². The molecule has 0 aromatic heterocycles. The van der Waals surface area contributed by atoms with Crippen molar-refractivity contribution in [2.75, 3.05) is 0 Å². The molecule has 8 fully saturated rings. The zero-order valence-electron chi connectivity index (χ0n) is 43.6. The molecule has 0 spiro atoms. The fraction of sp³-hybridized carbons (Fsp3) is 0.562. The Kier molecular flexibility index (Phi) is 12.0. The van der Waals surface area contributed by atoms with E-state index in [0.29, 0.717) is 10.8 Å². The molecule has 4 aromatic rings. The molecule has 4 aromatic carbocycles. The summed E-state index contributed by atoms with van der Waals surface area (Å²) in [5.74, 6) is 2.70. The van der Waals surface area contributed by atoms with E-state index in [-0.39, 0.29) is 24.1 Å². The van der Waals surface area contributed by atoms with E-state index >= 15 is 0 Å². The third-order valence-corrected chi connectivity index (χ3v) is 70.5. The molecule has 10 aliphatic rings. The fourth-order valence-corrected chi connectivity index (χ4v) is 58.6. The van der Waals surface area contributed by atoms with Gasteiger partial charge in [0.1, 0.15) is 0 Å². The van der Waals surface area contributed by atoms with E-state index in [2.05, 4.69) is 145 Å². The molecule has 0 nitrogen and oxygen atoms in total. The van der Waals surface area contributed by atoms with Gasteiger partial charge in [-0.1, -0.05) is 0 Å². The van der Waals surface area contributed by atoms with Gasteiger partial charge in [-0.05, 0) is 0 Å². The van der Waals surface area contributed by atoms with E-state index in [1.54, 1.807) is 0 Å². The Hall–Kier alpha value is -2.17. The van der Waals surface area contributed by atoms with Crippen LogP contribution in [0.3, 0.4) is 0 Å². The van der Waals surface area contributed by atoms with Crippen molar-refractivity contribution in [2.24, 2.45) is 46.3 Å². The van der Waals surface area contributed by atoms with E-state index in [1.165, 1.54) is 133 Å². The number of hydrogen-bond donors (Lipinski definition) is 0. The predicted octanol–water partition coefficient (Wildman–Crippen LogP) is 19.7. The summed E-state index contributed by atoms with van der Waals surface area (Å²) >= 11 is -5.77. The van der Waals surface area contributed by atoms with Crippen molar-refractivity contribution in [1.82, 2.24) is 0 Å². The summed E-state index contributed by atoms with van der Waals surface area (Å²) in [7, 11) is 18.2. The van der Waals surface area contributed by atoms with Crippen LogP contribution in [0.15, 0.2) is 96.1 Å². The Morgan fingerprint density at radius 3 is 1.17 bits per heavy atom. The second kappa shape index (κ2) is 17.2. The quantitative estimate of drug-likeness (QED) is 0.131. The third-order valence-electron chi connectivity index (χ3n) is 20.4. The van der Waals surface area contributed by atoms with Gasteiger partial charge >= 0.3 is 437 Å². The molecule has 3 atom stereocenters. The second-order valence-corrected chi connectivity index (χ2v) is 69.6. The number of fused-ring (bicyclic) bond motifs is 2. The van der Waals surface area contributed by atoms with E-state index in [9.17, 15) is 13.2 Å². The van der Waals surface area contributed by atoms with Crippen LogP contribution in [0.25, 0.3) is 34.4 Å². The molecule has 3 unspecified atom stereocenters. The fourth-order valence-electron chi connectivity index (χ4n) is 18.6. The zero-order chi connectivity index (χ0) is 49.7. The van der Waals surface area contributed by atoms with Gasteiger partial charge in [0.15, 0.2) is 0 Å². The topological polar surface area (TPSA) is 0 Å². The van der Waals surface area contributed by atoms with Crippen LogP contribution < -0.4 is 0 Å². The van der Waals surface area contributed by atoms with Gasteiger partial charge in [0.25, 0.3) is 0 Å². The maximum atomic E-state index is 14.7. The molecule has 8 saturated carbocycles. The Balaban J connectivity index is 0.981. The van der Waals surface area contributed by atoms with Gasteiger partial charge in [-0.15, -0.1) is 0 Å². The van der Waals surface area contributed by atoms with Crippen molar-refractivity contribution >= 4 is 35.1 Å². The first kappa shape index (κ1) is 49.7. The SMILES string of the molecule is C[SiH](CCC(F)(F)F)[Zr]([Cl])([Cl])([CH]1C(CC(C)(C)C)=Cc2c(-c3ccc(C45CC6CC(CC(C6)C4)C5)cc3)cccc21)[CH]1C(CC(C)(C)C)=Cc2c(-c3ccc(C45CC6CC(CC(C6)C4)C5)cc3)cccc21. The molecule has 0 heterocycles. The molecule has 0 aliphatic heterocycles. The summed E-state index contributed by atoms with van der Waals surface area (Å²) in [4.78, 5) is 0. The average Bonchev–Trinajstić information content (AvgIpc) is 3.84. The number of rotatable bonds is 11. The first-order valence-corrected chi connectivity index (χ1v) is 43.9. The number of hydrogen-bond acceptors (Lipinski definition) is 0. The second-order valence-electron chi connectivity index (χ2n) is 28.2. The first-order valence-electron chi connectivity index (χ1n) is 28.0. The molecule has 7 heteroatoms.